The molecule has 2 N–H and O–H groups in total. The van der Waals surface area contributed by atoms with E-state index < -0.39 is 46.3 Å². The van der Waals surface area contributed by atoms with Gasteiger partial charge in [-0.2, -0.15) is 13.2 Å². The molecule has 2 aromatic rings. The van der Waals surface area contributed by atoms with Crippen LogP contribution in [0.3, 0.4) is 0 Å². The lowest BCUT2D eigenvalue weighted by Gasteiger charge is -2.22. The van der Waals surface area contributed by atoms with Crippen LogP contribution in [-0.4, -0.2) is 28.1 Å². The Hall–Kier alpha value is -3.04. The van der Waals surface area contributed by atoms with Crippen molar-refractivity contribution in [1.82, 2.24) is 15.2 Å². The number of aromatic nitrogens is 1. The maximum absolute atomic E-state index is 13.4. The van der Waals surface area contributed by atoms with Crippen LogP contribution in [0.25, 0.3) is 0 Å². The summed E-state index contributed by atoms with van der Waals surface area (Å²) >= 11 is 0. The van der Waals surface area contributed by atoms with Crippen LogP contribution in [0.5, 0.6) is 0 Å². The third-order valence-corrected chi connectivity index (χ3v) is 4.05. The fourth-order valence-corrected chi connectivity index (χ4v) is 2.61. The molecule has 0 unspecified atom stereocenters. The summed E-state index contributed by atoms with van der Waals surface area (Å²) in [6.45, 7) is 8.59. The van der Waals surface area contributed by atoms with Crippen LogP contribution in [0, 0.1) is 0 Å². The van der Waals surface area contributed by atoms with Crippen molar-refractivity contribution in [1.29, 1.82) is 0 Å². The number of pyridine rings is 1. The van der Waals surface area contributed by atoms with Crippen LogP contribution in [0.1, 0.15) is 73.2 Å². The third kappa shape index (κ3) is 5.52. The molecule has 0 radical (unpaired) electrons. The Morgan fingerprint density at radius 2 is 1.63 bits per heavy atom. The highest BCUT2D eigenvalue weighted by Crippen LogP contribution is 2.33. The molecule has 0 aromatic carbocycles. The summed E-state index contributed by atoms with van der Waals surface area (Å²) in [5, 5.41) is 4.41. The maximum Gasteiger partial charge on any atom is 0.415 e. The van der Waals surface area contributed by atoms with Crippen LogP contribution in [0.4, 0.5) is 13.2 Å². The molecular formula is C20H24F3N3O4. The summed E-state index contributed by atoms with van der Waals surface area (Å²) in [7, 11) is 0. The first-order chi connectivity index (χ1) is 13.7. The quantitative estimate of drug-likeness (QED) is 0.763. The first-order valence-corrected chi connectivity index (χ1v) is 9.20. The van der Waals surface area contributed by atoms with Crippen molar-refractivity contribution in [2.24, 2.45) is 0 Å². The zero-order valence-electron chi connectivity index (χ0n) is 17.3. The van der Waals surface area contributed by atoms with Gasteiger partial charge in [0, 0.05) is 24.0 Å². The van der Waals surface area contributed by atoms with E-state index in [2.05, 4.69) is 5.32 Å². The summed E-state index contributed by atoms with van der Waals surface area (Å²) in [6, 6.07) is -0.387. The standard InChI is InChI=1S/C20H24F3N3O4/c1-11(2)26-9-12(15(27)13(10-26)18(29)25-19(3,4)5)17(28)24-16(20(21,22)23)14-7-6-8-30-14/h6-11,16H,1-5H3,(H,24,28)(H,25,29)/t16-/m1/s1. The number of carbonyl (C=O) groups excluding carboxylic acids is 2. The summed E-state index contributed by atoms with van der Waals surface area (Å²) in [5.74, 6) is -2.52. The van der Waals surface area contributed by atoms with E-state index in [1.807, 2.05) is 0 Å². The fourth-order valence-electron chi connectivity index (χ4n) is 2.61. The van der Waals surface area contributed by atoms with Gasteiger partial charge in [-0.05, 0) is 46.8 Å². The summed E-state index contributed by atoms with van der Waals surface area (Å²) < 4.78 is 46.5. The zero-order valence-corrected chi connectivity index (χ0v) is 17.3. The number of rotatable bonds is 5. The molecule has 0 spiro atoms. The van der Waals surface area contributed by atoms with E-state index in [1.54, 1.807) is 39.9 Å². The molecule has 2 rings (SSSR count). The van der Waals surface area contributed by atoms with E-state index in [9.17, 15) is 27.6 Å². The average Bonchev–Trinajstić information content (AvgIpc) is 3.10. The molecule has 0 aliphatic rings. The van der Waals surface area contributed by atoms with Crippen molar-refractivity contribution < 1.29 is 27.2 Å². The Morgan fingerprint density at radius 3 is 2.07 bits per heavy atom. The minimum absolute atomic E-state index is 0.262. The van der Waals surface area contributed by atoms with E-state index in [0.29, 0.717) is 0 Å². The Labute approximate surface area is 171 Å². The monoisotopic (exact) mass is 427 g/mol. The van der Waals surface area contributed by atoms with Gasteiger partial charge in [0.25, 0.3) is 11.8 Å². The van der Waals surface area contributed by atoms with Crippen molar-refractivity contribution in [2.75, 3.05) is 0 Å². The number of hydrogen-bond acceptors (Lipinski definition) is 4. The smallest absolute Gasteiger partial charge is 0.415 e. The Morgan fingerprint density at radius 1 is 1.07 bits per heavy atom. The lowest BCUT2D eigenvalue weighted by Crippen LogP contribution is -2.44. The van der Waals surface area contributed by atoms with Crippen LogP contribution >= 0.6 is 0 Å². The number of halogens is 3. The molecule has 0 saturated carbocycles. The fraction of sp³-hybridized carbons (Fsp3) is 0.450. The number of nitrogens with one attached hydrogen (secondary N) is 2. The predicted octanol–water partition coefficient (Wildman–Crippen LogP) is 3.58. The second-order valence-electron chi connectivity index (χ2n) is 8.12. The van der Waals surface area contributed by atoms with Gasteiger partial charge in [-0.3, -0.25) is 14.4 Å². The minimum atomic E-state index is -4.86. The number of hydrogen-bond donors (Lipinski definition) is 2. The van der Waals surface area contributed by atoms with Crippen LogP contribution in [0.15, 0.2) is 40.0 Å². The number of nitrogens with zero attached hydrogens (tertiary/aromatic N) is 1. The largest absolute Gasteiger partial charge is 0.467 e. The van der Waals surface area contributed by atoms with Crippen molar-refractivity contribution in [3.05, 3.63) is 57.9 Å². The molecule has 7 nitrogen and oxygen atoms in total. The Bertz CT molecular complexity index is 971. The molecule has 2 aromatic heterocycles. The predicted molar refractivity (Wildman–Crippen MR) is 103 cm³/mol. The van der Waals surface area contributed by atoms with Gasteiger partial charge in [-0.1, -0.05) is 0 Å². The molecule has 30 heavy (non-hydrogen) atoms. The van der Waals surface area contributed by atoms with Gasteiger partial charge in [0.1, 0.15) is 16.9 Å². The molecule has 0 fully saturated rings. The van der Waals surface area contributed by atoms with Gasteiger partial charge in [-0.25, -0.2) is 0 Å². The summed E-state index contributed by atoms with van der Waals surface area (Å²) in [5.41, 5.74) is -2.55. The molecule has 164 valence electrons. The van der Waals surface area contributed by atoms with Crippen LogP contribution in [0.2, 0.25) is 0 Å². The van der Waals surface area contributed by atoms with E-state index in [1.165, 1.54) is 16.8 Å². The van der Waals surface area contributed by atoms with Gasteiger partial charge >= 0.3 is 6.18 Å². The number of amides is 2. The SMILES string of the molecule is CC(C)n1cc(C(=O)N[C@H](c2ccco2)C(F)(F)F)c(=O)c(C(=O)NC(C)(C)C)c1. The molecular weight excluding hydrogens is 403 g/mol. The molecule has 10 heteroatoms. The average molecular weight is 427 g/mol. The maximum atomic E-state index is 13.4. The van der Waals surface area contributed by atoms with E-state index in [-0.39, 0.29) is 11.6 Å². The van der Waals surface area contributed by atoms with Crippen molar-refractivity contribution in [3.8, 4) is 0 Å². The van der Waals surface area contributed by atoms with E-state index in [0.717, 1.165) is 18.5 Å². The molecule has 0 bridgehead atoms. The van der Waals surface area contributed by atoms with Gasteiger partial charge in [-0.15, -0.1) is 0 Å². The first kappa shape index (κ1) is 23.2. The van der Waals surface area contributed by atoms with E-state index >= 15 is 0 Å². The van der Waals surface area contributed by atoms with Gasteiger partial charge in [0.15, 0.2) is 6.04 Å². The third-order valence-electron chi connectivity index (χ3n) is 4.05. The first-order valence-electron chi connectivity index (χ1n) is 9.20. The highest BCUT2D eigenvalue weighted by atomic mass is 19.4. The molecule has 1 atom stereocenters. The Kier molecular flexibility index (Phi) is 6.48. The lowest BCUT2D eigenvalue weighted by molar-refractivity contribution is -0.159. The van der Waals surface area contributed by atoms with Crippen LogP contribution in [-0.2, 0) is 0 Å². The highest BCUT2D eigenvalue weighted by Gasteiger charge is 2.44. The van der Waals surface area contributed by atoms with Gasteiger partial charge in [0.05, 0.1) is 6.26 Å². The molecule has 0 aliphatic heterocycles. The second-order valence-corrected chi connectivity index (χ2v) is 8.12. The van der Waals surface area contributed by atoms with Crippen molar-refractivity contribution >= 4 is 11.8 Å². The number of furan rings is 1. The van der Waals surface area contributed by atoms with Crippen LogP contribution < -0.4 is 16.1 Å². The highest BCUT2D eigenvalue weighted by molar-refractivity contribution is 5.99. The summed E-state index contributed by atoms with van der Waals surface area (Å²) in [6.07, 6.45) is -1.40. The normalized spacial score (nSPS) is 13.2. The van der Waals surface area contributed by atoms with Crippen molar-refractivity contribution in [2.45, 2.75) is 58.4 Å². The van der Waals surface area contributed by atoms with E-state index in [4.69, 9.17) is 4.42 Å². The minimum Gasteiger partial charge on any atom is -0.467 e. The molecule has 2 heterocycles. The topological polar surface area (TPSA) is 93.3 Å². The lowest BCUT2D eigenvalue weighted by atomic mass is 10.1. The summed E-state index contributed by atoms with van der Waals surface area (Å²) in [4.78, 5) is 38.0. The Balaban J connectivity index is 2.50. The molecule has 2 amide bonds. The zero-order chi connectivity index (χ0) is 22.9. The molecule has 0 saturated heterocycles. The number of alkyl halides is 3. The van der Waals surface area contributed by atoms with Gasteiger partial charge < -0.3 is 19.6 Å². The second kappa shape index (κ2) is 8.37. The van der Waals surface area contributed by atoms with Crippen molar-refractivity contribution in [3.63, 3.8) is 0 Å². The van der Waals surface area contributed by atoms with Gasteiger partial charge in [0.2, 0.25) is 5.43 Å². The molecule has 0 aliphatic carbocycles. The number of carbonyl (C=O) groups is 2.